The molecule has 0 saturated heterocycles. The fourth-order valence-corrected chi connectivity index (χ4v) is 1.09. The molecule has 0 amide bonds. The number of rotatable bonds is 0. The fraction of sp³-hybridized carbons (Fsp3) is 0.500. The van der Waals surface area contributed by atoms with E-state index in [1.807, 2.05) is 32.4 Å². The van der Waals surface area contributed by atoms with Crippen molar-refractivity contribution in [1.82, 2.24) is 4.57 Å². The Labute approximate surface area is 61.1 Å². The highest BCUT2D eigenvalue weighted by molar-refractivity contribution is 5.39. The fourth-order valence-electron chi connectivity index (χ4n) is 1.09. The van der Waals surface area contributed by atoms with E-state index in [0.717, 1.165) is 17.0 Å². The summed E-state index contributed by atoms with van der Waals surface area (Å²) in [6, 6.07) is 0. The molecule has 0 fully saturated rings. The summed E-state index contributed by atoms with van der Waals surface area (Å²) in [6.07, 6.45) is 0. The summed E-state index contributed by atoms with van der Waals surface area (Å²) in [5.41, 5.74) is 2.78. The first-order valence-electron chi connectivity index (χ1n) is 3.35. The molecule has 10 heavy (non-hydrogen) atoms. The van der Waals surface area contributed by atoms with Crippen LogP contribution in [0.1, 0.15) is 17.0 Å². The minimum atomic E-state index is 0.181. The maximum absolute atomic E-state index is 11.2. The third-order valence-electron chi connectivity index (χ3n) is 2.22. The molecule has 0 radical (unpaired) electrons. The minimum absolute atomic E-state index is 0.181. The topological polar surface area (TPSA) is 28.0 Å². The molecule has 56 valence electrons. The molecule has 1 heterocycles. The van der Waals surface area contributed by atoms with E-state index in [2.05, 4.69) is 0 Å². The van der Waals surface area contributed by atoms with Gasteiger partial charge in [-0.15, -0.1) is 0 Å². The Bertz CT molecular complexity index is 180. The molecule has 0 saturated carbocycles. The molecule has 0 aliphatic carbocycles. The zero-order chi connectivity index (χ0) is 7.89. The summed E-state index contributed by atoms with van der Waals surface area (Å²) < 4.78 is 1.93. The second kappa shape index (κ2) is 2.04. The molecule has 0 N–H and O–H groups in total. The second-order valence-electron chi connectivity index (χ2n) is 2.68. The van der Waals surface area contributed by atoms with Crippen LogP contribution < -0.4 is 5.11 Å². The summed E-state index contributed by atoms with van der Waals surface area (Å²) in [5.74, 6) is 0.181. The summed E-state index contributed by atoms with van der Waals surface area (Å²) in [5, 5.41) is 11.2. The molecule has 1 aromatic rings. The van der Waals surface area contributed by atoms with E-state index in [-0.39, 0.29) is 5.75 Å². The van der Waals surface area contributed by atoms with Crippen molar-refractivity contribution in [2.75, 3.05) is 0 Å². The van der Waals surface area contributed by atoms with Crippen molar-refractivity contribution in [2.45, 2.75) is 20.8 Å². The summed E-state index contributed by atoms with van der Waals surface area (Å²) >= 11 is 0. The van der Waals surface area contributed by atoms with Crippen LogP contribution in [0.15, 0.2) is 0 Å². The lowest BCUT2D eigenvalue weighted by molar-refractivity contribution is -0.270. The zero-order valence-corrected chi connectivity index (χ0v) is 6.86. The Morgan fingerprint density at radius 2 is 1.60 bits per heavy atom. The van der Waals surface area contributed by atoms with Gasteiger partial charge in [0.05, 0.1) is 0 Å². The van der Waals surface area contributed by atoms with E-state index in [4.69, 9.17) is 0 Å². The van der Waals surface area contributed by atoms with E-state index >= 15 is 0 Å². The predicted octanol–water partition coefficient (Wildman–Crippen LogP) is 1.02. The number of hydrogen-bond acceptors (Lipinski definition) is 1. The molecule has 1 rings (SSSR count). The van der Waals surface area contributed by atoms with Gasteiger partial charge in [-0.25, -0.2) is 0 Å². The number of hydrogen-bond donors (Lipinski definition) is 0. The summed E-state index contributed by atoms with van der Waals surface area (Å²) in [6.45, 7) is 5.68. The van der Waals surface area contributed by atoms with Crippen LogP contribution in [-0.2, 0) is 7.05 Å². The normalized spacial score (nSPS) is 10.4. The monoisotopic (exact) mass is 138 g/mol. The maximum Gasteiger partial charge on any atom is 0.0166 e. The highest BCUT2D eigenvalue weighted by atomic mass is 16.3. The Balaban J connectivity index is 3.44. The van der Waals surface area contributed by atoms with Gasteiger partial charge in [-0.1, -0.05) is 5.75 Å². The maximum atomic E-state index is 11.2. The van der Waals surface area contributed by atoms with Gasteiger partial charge in [-0.05, 0) is 26.3 Å². The van der Waals surface area contributed by atoms with E-state index < -0.39 is 0 Å². The lowest BCUT2D eigenvalue weighted by atomic mass is 10.2. The van der Waals surface area contributed by atoms with Gasteiger partial charge in [0.25, 0.3) is 0 Å². The Morgan fingerprint density at radius 3 is 1.70 bits per heavy atom. The van der Waals surface area contributed by atoms with Crippen molar-refractivity contribution < 1.29 is 5.11 Å². The molecular weight excluding hydrogens is 126 g/mol. The van der Waals surface area contributed by atoms with Gasteiger partial charge >= 0.3 is 0 Å². The van der Waals surface area contributed by atoms with Gasteiger partial charge in [0.2, 0.25) is 0 Å². The van der Waals surface area contributed by atoms with Crippen LogP contribution in [0.5, 0.6) is 5.75 Å². The van der Waals surface area contributed by atoms with Gasteiger partial charge in [0, 0.05) is 18.4 Å². The summed E-state index contributed by atoms with van der Waals surface area (Å²) in [4.78, 5) is 0. The largest absolute Gasteiger partial charge is 0.871 e. The standard InChI is InChI=1S/C8H13NO/c1-5-6(2)9(4)7(3)8(5)10/h10H,1-4H3/p-1. The van der Waals surface area contributed by atoms with E-state index in [1.54, 1.807) is 0 Å². The average molecular weight is 138 g/mol. The first-order chi connectivity index (χ1) is 4.55. The van der Waals surface area contributed by atoms with Crippen molar-refractivity contribution in [3.05, 3.63) is 17.0 Å². The molecule has 2 heteroatoms. The van der Waals surface area contributed by atoms with Crippen LogP contribution in [0.25, 0.3) is 0 Å². The smallest absolute Gasteiger partial charge is 0.0166 e. The van der Waals surface area contributed by atoms with Crippen molar-refractivity contribution in [1.29, 1.82) is 0 Å². The van der Waals surface area contributed by atoms with Crippen molar-refractivity contribution in [2.24, 2.45) is 7.05 Å². The lowest BCUT2D eigenvalue weighted by Crippen LogP contribution is -1.95. The molecule has 0 atom stereocenters. The molecule has 0 unspecified atom stereocenters. The van der Waals surface area contributed by atoms with E-state index in [0.29, 0.717) is 0 Å². The molecule has 0 bridgehead atoms. The highest BCUT2D eigenvalue weighted by Crippen LogP contribution is 2.22. The third kappa shape index (κ3) is 0.719. The first kappa shape index (κ1) is 7.19. The first-order valence-corrected chi connectivity index (χ1v) is 3.35. The van der Waals surface area contributed by atoms with Crippen LogP contribution in [0.2, 0.25) is 0 Å². The van der Waals surface area contributed by atoms with Crippen LogP contribution in [-0.4, -0.2) is 4.57 Å². The van der Waals surface area contributed by atoms with Gasteiger partial charge < -0.3 is 9.67 Å². The second-order valence-corrected chi connectivity index (χ2v) is 2.68. The Kier molecular flexibility index (Phi) is 1.47. The minimum Gasteiger partial charge on any atom is -0.871 e. The molecule has 0 aliphatic heterocycles. The number of aromatic nitrogens is 1. The van der Waals surface area contributed by atoms with Crippen LogP contribution >= 0.6 is 0 Å². The zero-order valence-electron chi connectivity index (χ0n) is 6.86. The molecule has 0 aromatic carbocycles. The molecule has 0 aliphatic rings. The van der Waals surface area contributed by atoms with Gasteiger partial charge in [0.1, 0.15) is 0 Å². The van der Waals surface area contributed by atoms with Crippen molar-refractivity contribution in [3.63, 3.8) is 0 Å². The average Bonchev–Trinajstić information content (AvgIpc) is 2.07. The lowest BCUT2D eigenvalue weighted by Gasteiger charge is -2.04. The SMILES string of the molecule is Cc1c([O-])c(C)n(C)c1C. The van der Waals surface area contributed by atoms with Crippen molar-refractivity contribution in [3.8, 4) is 5.75 Å². The third-order valence-corrected chi connectivity index (χ3v) is 2.22. The Morgan fingerprint density at radius 1 is 1.10 bits per heavy atom. The molecule has 1 aromatic heterocycles. The summed E-state index contributed by atoms with van der Waals surface area (Å²) in [7, 11) is 1.92. The molecule has 0 spiro atoms. The van der Waals surface area contributed by atoms with E-state index in [9.17, 15) is 5.11 Å². The predicted molar refractivity (Wildman–Crippen MR) is 39.1 cm³/mol. The molecule has 2 nitrogen and oxygen atoms in total. The Hall–Kier alpha value is -0.920. The highest BCUT2D eigenvalue weighted by Gasteiger charge is 2.02. The quantitative estimate of drug-likeness (QED) is 0.526. The van der Waals surface area contributed by atoms with Crippen molar-refractivity contribution >= 4 is 0 Å². The molecular formula is C8H12NO-. The van der Waals surface area contributed by atoms with Gasteiger partial charge in [0.15, 0.2) is 0 Å². The number of nitrogens with zero attached hydrogens (tertiary/aromatic N) is 1. The van der Waals surface area contributed by atoms with E-state index in [1.165, 1.54) is 0 Å². The van der Waals surface area contributed by atoms with Crippen LogP contribution in [0, 0.1) is 20.8 Å². The van der Waals surface area contributed by atoms with Gasteiger partial charge in [-0.3, -0.25) is 0 Å². The van der Waals surface area contributed by atoms with Crippen LogP contribution in [0.3, 0.4) is 0 Å². The van der Waals surface area contributed by atoms with Gasteiger partial charge in [-0.2, -0.15) is 0 Å². The van der Waals surface area contributed by atoms with Crippen LogP contribution in [0.4, 0.5) is 0 Å².